The van der Waals surface area contributed by atoms with Crippen LogP contribution in [0.2, 0.25) is 5.02 Å². The standard InChI is InChI=1S/C18H13ClFNO6/c1-8(22)27-7-10-5-13(23)16(24)15-14(10)17(25)21(18(15)26)6-9-2-3-12(20)11(19)4-9/h2-4,24H,5-7H2,1H3. The minimum Gasteiger partial charge on any atom is -0.504 e. The first kappa shape index (κ1) is 18.8. The van der Waals surface area contributed by atoms with Crippen LogP contribution in [0.1, 0.15) is 18.9 Å². The number of allylic oxidation sites excluding steroid dienone is 1. The van der Waals surface area contributed by atoms with Crippen molar-refractivity contribution in [2.75, 3.05) is 6.61 Å². The maximum Gasteiger partial charge on any atom is 0.302 e. The molecule has 0 unspecified atom stereocenters. The number of hydrogen-bond acceptors (Lipinski definition) is 6. The number of amides is 2. The molecule has 0 atom stereocenters. The van der Waals surface area contributed by atoms with E-state index in [1.807, 2.05) is 0 Å². The summed E-state index contributed by atoms with van der Waals surface area (Å²) < 4.78 is 18.1. The first-order chi connectivity index (χ1) is 12.7. The Hall–Kier alpha value is -3.00. The minimum atomic E-state index is -0.860. The first-order valence-electron chi connectivity index (χ1n) is 7.83. The molecule has 1 heterocycles. The number of aliphatic hydroxyl groups excluding tert-OH is 1. The maximum absolute atomic E-state index is 13.3. The quantitative estimate of drug-likeness (QED) is 0.620. The van der Waals surface area contributed by atoms with Gasteiger partial charge in [-0.2, -0.15) is 0 Å². The predicted molar refractivity (Wildman–Crippen MR) is 89.9 cm³/mol. The molecule has 0 radical (unpaired) electrons. The third-order valence-electron chi connectivity index (χ3n) is 4.17. The summed E-state index contributed by atoms with van der Waals surface area (Å²) in [5.41, 5.74) is -0.0329. The van der Waals surface area contributed by atoms with Gasteiger partial charge in [-0.3, -0.25) is 24.1 Å². The summed E-state index contributed by atoms with van der Waals surface area (Å²) in [6.07, 6.45) is -0.340. The highest BCUT2D eigenvalue weighted by molar-refractivity contribution is 6.31. The van der Waals surface area contributed by atoms with Crippen LogP contribution in [0, 0.1) is 5.82 Å². The Kier molecular flexibility index (Phi) is 4.84. The second-order valence-electron chi connectivity index (χ2n) is 6.03. The molecule has 0 saturated carbocycles. The Morgan fingerprint density at radius 1 is 1.26 bits per heavy atom. The topological polar surface area (TPSA) is 101 Å². The van der Waals surface area contributed by atoms with Crippen molar-refractivity contribution in [3.63, 3.8) is 0 Å². The Morgan fingerprint density at radius 2 is 1.93 bits per heavy atom. The summed E-state index contributed by atoms with van der Waals surface area (Å²) >= 11 is 5.72. The van der Waals surface area contributed by atoms with Gasteiger partial charge in [0, 0.05) is 13.3 Å². The molecular formula is C18H13ClFNO6. The number of ketones is 1. The number of Topliss-reactive ketones (excluding diaryl/α,β-unsaturated/α-hetero) is 1. The van der Waals surface area contributed by atoms with Crippen molar-refractivity contribution in [1.29, 1.82) is 0 Å². The van der Waals surface area contributed by atoms with Crippen LogP contribution in [0.4, 0.5) is 4.39 Å². The van der Waals surface area contributed by atoms with Gasteiger partial charge in [0.2, 0.25) is 5.78 Å². The van der Waals surface area contributed by atoms with Crippen LogP contribution in [0.25, 0.3) is 0 Å². The molecule has 1 aliphatic carbocycles. The highest BCUT2D eigenvalue weighted by Gasteiger charge is 2.46. The summed E-state index contributed by atoms with van der Waals surface area (Å²) in [4.78, 5) is 49.2. The van der Waals surface area contributed by atoms with Crippen molar-refractivity contribution in [2.24, 2.45) is 0 Å². The third-order valence-corrected chi connectivity index (χ3v) is 4.46. The molecule has 2 amide bonds. The molecule has 27 heavy (non-hydrogen) atoms. The number of fused-ring (bicyclic) bond motifs is 1. The van der Waals surface area contributed by atoms with Crippen LogP contribution >= 0.6 is 11.6 Å². The normalized spacial score (nSPS) is 17.0. The highest BCUT2D eigenvalue weighted by Crippen LogP contribution is 2.36. The number of rotatable bonds is 4. The molecule has 0 aromatic heterocycles. The zero-order valence-corrected chi connectivity index (χ0v) is 14.8. The molecule has 1 N–H and O–H groups in total. The molecule has 2 aliphatic rings. The number of imide groups is 1. The van der Waals surface area contributed by atoms with Crippen LogP contribution in [0.15, 0.2) is 40.7 Å². The molecule has 1 saturated heterocycles. The molecule has 1 aromatic rings. The summed E-state index contributed by atoms with van der Waals surface area (Å²) in [7, 11) is 0. The lowest BCUT2D eigenvalue weighted by atomic mass is 9.90. The summed E-state index contributed by atoms with van der Waals surface area (Å²) in [6.45, 7) is 0.589. The maximum atomic E-state index is 13.3. The Labute approximate surface area is 157 Å². The highest BCUT2D eigenvalue weighted by atomic mass is 35.5. The van der Waals surface area contributed by atoms with Crippen LogP contribution in [-0.2, 0) is 30.5 Å². The largest absolute Gasteiger partial charge is 0.504 e. The predicted octanol–water partition coefficient (Wildman–Crippen LogP) is 1.99. The summed E-state index contributed by atoms with van der Waals surface area (Å²) in [5, 5.41) is 9.84. The lowest BCUT2D eigenvalue weighted by molar-refractivity contribution is -0.141. The molecule has 3 rings (SSSR count). The van der Waals surface area contributed by atoms with Crippen LogP contribution in [-0.4, -0.2) is 40.2 Å². The number of likely N-dealkylation sites (tertiary alicyclic amines) is 1. The zero-order valence-electron chi connectivity index (χ0n) is 14.0. The second kappa shape index (κ2) is 6.96. The Balaban J connectivity index is 2.00. The van der Waals surface area contributed by atoms with E-state index in [1.54, 1.807) is 0 Å². The molecule has 140 valence electrons. The van der Waals surface area contributed by atoms with Crippen molar-refractivity contribution in [1.82, 2.24) is 4.90 Å². The van der Waals surface area contributed by atoms with E-state index in [0.717, 1.165) is 17.9 Å². The van der Waals surface area contributed by atoms with Crippen LogP contribution < -0.4 is 0 Å². The Bertz CT molecular complexity index is 965. The van der Waals surface area contributed by atoms with Gasteiger partial charge < -0.3 is 9.84 Å². The number of nitrogens with zero attached hydrogens (tertiary/aromatic N) is 1. The van der Waals surface area contributed by atoms with Gasteiger partial charge in [-0.25, -0.2) is 4.39 Å². The second-order valence-corrected chi connectivity index (χ2v) is 6.43. The Morgan fingerprint density at radius 3 is 2.56 bits per heavy atom. The van der Waals surface area contributed by atoms with Crippen molar-refractivity contribution in [2.45, 2.75) is 19.9 Å². The van der Waals surface area contributed by atoms with E-state index in [2.05, 4.69) is 0 Å². The van der Waals surface area contributed by atoms with E-state index in [4.69, 9.17) is 16.3 Å². The lowest BCUT2D eigenvalue weighted by Crippen LogP contribution is -2.29. The number of halogens is 2. The molecular weight excluding hydrogens is 381 g/mol. The van der Waals surface area contributed by atoms with Gasteiger partial charge >= 0.3 is 5.97 Å². The molecule has 1 fully saturated rings. The number of benzene rings is 1. The van der Waals surface area contributed by atoms with Gasteiger partial charge in [0.25, 0.3) is 11.8 Å². The minimum absolute atomic E-state index is 0.140. The molecule has 0 bridgehead atoms. The number of aliphatic hydroxyl groups is 1. The average molecular weight is 394 g/mol. The van der Waals surface area contributed by atoms with Crippen LogP contribution in [0.5, 0.6) is 0 Å². The number of carbonyl (C=O) groups is 4. The lowest BCUT2D eigenvalue weighted by Gasteiger charge is -2.15. The SMILES string of the molecule is CC(=O)OCC1=C2C(=O)N(Cc3ccc(F)c(Cl)c3)C(=O)C2=C(O)C(=O)C1. The average Bonchev–Trinajstić information content (AvgIpc) is 2.85. The molecule has 7 nitrogen and oxygen atoms in total. The van der Waals surface area contributed by atoms with Crippen molar-refractivity contribution in [3.05, 3.63) is 57.1 Å². The number of ether oxygens (including phenoxy) is 1. The van der Waals surface area contributed by atoms with Gasteiger partial charge in [-0.1, -0.05) is 17.7 Å². The number of hydrogen-bond donors (Lipinski definition) is 1. The van der Waals surface area contributed by atoms with E-state index < -0.39 is 40.7 Å². The summed E-state index contributed by atoms with van der Waals surface area (Å²) in [6, 6.07) is 3.73. The van der Waals surface area contributed by atoms with Gasteiger partial charge in [0.1, 0.15) is 12.4 Å². The van der Waals surface area contributed by atoms with Gasteiger partial charge in [0.05, 0.1) is 22.7 Å². The molecule has 0 spiro atoms. The molecule has 1 aromatic carbocycles. The van der Waals surface area contributed by atoms with Gasteiger partial charge in [0.15, 0.2) is 5.76 Å². The van der Waals surface area contributed by atoms with Crippen LogP contribution in [0.3, 0.4) is 0 Å². The van der Waals surface area contributed by atoms with E-state index in [1.165, 1.54) is 12.1 Å². The fourth-order valence-electron chi connectivity index (χ4n) is 2.91. The number of carbonyl (C=O) groups excluding carboxylic acids is 4. The first-order valence-corrected chi connectivity index (χ1v) is 8.20. The van der Waals surface area contributed by atoms with E-state index in [9.17, 15) is 28.7 Å². The monoisotopic (exact) mass is 393 g/mol. The summed E-state index contributed by atoms with van der Waals surface area (Å²) in [5.74, 6) is -4.41. The van der Waals surface area contributed by atoms with Crippen molar-refractivity contribution in [3.8, 4) is 0 Å². The van der Waals surface area contributed by atoms with Crippen molar-refractivity contribution < 1.29 is 33.4 Å². The fraction of sp³-hybridized carbons (Fsp3) is 0.222. The molecule has 1 aliphatic heterocycles. The van der Waals surface area contributed by atoms with Gasteiger partial charge in [-0.15, -0.1) is 0 Å². The van der Waals surface area contributed by atoms with E-state index in [-0.39, 0.29) is 35.7 Å². The smallest absolute Gasteiger partial charge is 0.302 e. The van der Waals surface area contributed by atoms with Gasteiger partial charge in [-0.05, 0) is 23.3 Å². The molecule has 9 heteroatoms. The van der Waals surface area contributed by atoms with E-state index in [0.29, 0.717) is 5.56 Å². The zero-order chi connectivity index (χ0) is 19.9. The van der Waals surface area contributed by atoms with E-state index >= 15 is 0 Å². The fourth-order valence-corrected chi connectivity index (χ4v) is 3.11. The van der Waals surface area contributed by atoms with Crippen molar-refractivity contribution >= 4 is 35.2 Å². The number of esters is 1. The third kappa shape index (κ3) is 3.35.